The molecule has 1 aromatic carbocycles. The van der Waals surface area contributed by atoms with Gasteiger partial charge in [-0.3, -0.25) is 4.79 Å². The van der Waals surface area contributed by atoms with Crippen molar-refractivity contribution in [2.75, 3.05) is 6.54 Å². The number of halogens is 2. The molecule has 1 N–H and O–H groups in total. The Morgan fingerprint density at radius 3 is 2.56 bits per heavy atom. The van der Waals surface area contributed by atoms with Gasteiger partial charge in [-0.2, -0.15) is 0 Å². The summed E-state index contributed by atoms with van der Waals surface area (Å²) in [5.41, 5.74) is 1.11. The van der Waals surface area contributed by atoms with Crippen LogP contribution in [0.2, 0.25) is 9.49 Å². The summed E-state index contributed by atoms with van der Waals surface area (Å²) in [5.74, 6) is -0.256. The Morgan fingerprint density at radius 2 is 1.94 bits per heavy atom. The maximum absolute atomic E-state index is 11.6. The van der Waals surface area contributed by atoms with E-state index in [0.717, 1.165) is 23.3 Å². The second-order valence-corrected chi connectivity index (χ2v) is 5.49. The first-order chi connectivity index (χ1) is 8.65. The molecule has 0 aliphatic heterocycles. The lowest BCUT2D eigenvalue weighted by atomic mass is 10.1. The van der Waals surface area contributed by atoms with E-state index in [9.17, 15) is 4.79 Å². The Labute approximate surface area is 118 Å². The predicted octanol–water partition coefficient (Wildman–Crippen LogP) is 2.82. The van der Waals surface area contributed by atoms with E-state index < -0.39 is 0 Å². The van der Waals surface area contributed by atoms with Crippen LogP contribution < -0.4 is 5.32 Å². The molecule has 4 nitrogen and oxygen atoms in total. The number of nitrogens with one attached hydrogen (secondary N) is 1. The molecule has 0 spiro atoms. The number of hydrogen-bond donors (Lipinski definition) is 1. The van der Waals surface area contributed by atoms with Gasteiger partial charge in [-0.05, 0) is 35.7 Å². The van der Waals surface area contributed by atoms with Gasteiger partial charge in [0.25, 0.3) is 5.91 Å². The molecule has 0 atom stereocenters. The average Bonchev–Trinajstić information content (AvgIpc) is 2.78. The van der Waals surface area contributed by atoms with Crippen molar-refractivity contribution in [3.05, 3.63) is 44.3 Å². The molecule has 1 heterocycles. The number of amides is 1. The van der Waals surface area contributed by atoms with E-state index in [1.54, 1.807) is 0 Å². The monoisotopic (exact) mass is 301 g/mol. The highest BCUT2D eigenvalue weighted by Crippen LogP contribution is 2.14. The molecule has 1 amide bonds. The van der Waals surface area contributed by atoms with Crippen molar-refractivity contribution in [3.63, 3.8) is 0 Å². The summed E-state index contributed by atoms with van der Waals surface area (Å²) in [6.45, 7) is 0.525. The van der Waals surface area contributed by atoms with E-state index in [-0.39, 0.29) is 15.4 Å². The molecule has 0 saturated carbocycles. The Hall–Kier alpha value is -1.17. The second-order valence-electron chi connectivity index (χ2n) is 3.49. The third-order valence-electron chi connectivity index (χ3n) is 2.21. The summed E-state index contributed by atoms with van der Waals surface area (Å²) in [7, 11) is 0. The van der Waals surface area contributed by atoms with Crippen LogP contribution in [-0.2, 0) is 6.42 Å². The molecule has 18 heavy (non-hydrogen) atoms. The van der Waals surface area contributed by atoms with Gasteiger partial charge in [-0.25, -0.2) is 0 Å². The van der Waals surface area contributed by atoms with Crippen molar-refractivity contribution in [2.24, 2.45) is 0 Å². The molecule has 0 unspecified atom stereocenters. The molecule has 94 valence electrons. The summed E-state index contributed by atoms with van der Waals surface area (Å²) < 4.78 is 0.262. The van der Waals surface area contributed by atoms with E-state index in [0.29, 0.717) is 11.6 Å². The first-order valence-corrected chi connectivity index (χ1v) is 6.74. The topological polar surface area (TPSA) is 54.9 Å². The van der Waals surface area contributed by atoms with E-state index in [1.165, 1.54) is 0 Å². The van der Waals surface area contributed by atoms with E-state index in [4.69, 9.17) is 23.2 Å². The van der Waals surface area contributed by atoms with Crippen LogP contribution in [0.5, 0.6) is 0 Å². The average molecular weight is 302 g/mol. The number of nitrogens with zero attached hydrogens (tertiary/aromatic N) is 2. The van der Waals surface area contributed by atoms with E-state index in [2.05, 4.69) is 15.5 Å². The van der Waals surface area contributed by atoms with Crippen LogP contribution >= 0.6 is 34.5 Å². The molecule has 2 aromatic rings. The summed E-state index contributed by atoms with van der Waals surface area (Å²) >= 11 is 12.4. The summed E-state index contributed by atoms with van der Waals surface area (Å²) in [4.78, 5) is 11.6. The third-order valence-corrected chi connectivity index (χ3v) is 3.48. The van der Waals surface area contributed by atoms with Crippen LogP contribution in [0, 0.1) is 0 Å². The summed E-state index contributed by atoms with van der Waals surface area (Å²) in [6, 6.07) is 7.50. The lowest BCUT2D eigenvalue weighted by Crippen LogP contribution is -2.25. The summed E-state index contributed by atoms with van der Waals surface area (Å²) in [6.07, 6.45) is 0.732. The lowest BCUT2D eigenvalue weighted by molar-refractivity contribution is 0.0953. The van der Waals surface area contributed by atoms with Crippen LogP contribution in [0.1, 0.15) is 15.4 Å². The summed E-state index contributed by atoms with van der Waals surface area (Å²) in [5, 5.41) is 11.0. The molecule has 0 aliphatic rings. The standard InChI is InChI=1S/C11H9Cl2N3OS/c12-8-3-1-7(2-4-8)5-6-14-9(17)10-15-16-11(13)18-10/h1-4H,5-6H2,(H,14,17). The minimum absolute atomic E-state index is 0.256. The molecular formula is C11H9Cl2N3OS. The van der Waals surface area contributed by atoms with Crippen LogP contribution in [0.25, 0.3) is 0 Å². The van der Waals surface area contributed by atoms with Crippen molar-refractivity contribution < 1.29 is 4.79 Å². The zero-order chi connectivity index (χ0) is 13.0. The van der Waals surface area contributed by atoms with Crippen LogP contribution in [0.3, 0.4) is 0 Å². The number of aromatic nitrogens is 2. The number of rotatable bonds is 4. The molecule has 0 fully saturated rings. The Morgan fingerprint density at radius 1 is 1.22 bits per heavy atom. The van der Waals surface area contributed by atoms with Crippen molar-refractivity contribution >= 4 is 40.4 Å². The first-order valence-electron chi connectivity index (χ1n) is 5.17. The zero-order valence-corrected chi connectivity index (χ0v) is 11.5. The van der Waals surface area contributed by atoms with Gasteiger partial charge in [0.05, 0.1) is 0 Å². The van der Waals surface area contributed by atoms with E-state index in [1.807, 2.05) is 24.3 Å². The van der Waals surface area contributed by atoms with Gasteiger partial charge < -0.3 is 5.32 Å². The molecule has 7 heteroatoms. The van der Waals surface area contributed by atoms with Gasteiger partial charge in [0, 0.05) is 11.6 Å². The second kappa shape index (κ2) is 6.13. The van der Waals surface area contributed by atoms with Crippen LogP contribution in [0.15, 0.2) is 24.3 Å². The fourth-order valence-corrected chi connectivity index (χ4v) is 2.21. The number of carbonyl (C=O) groups excluding carboxylic acids is 1. The van der Waals surface area contributed by atoms with Gasteiger partial charge in [0.2, 0.25) is 9.47 Å². The number of hydrogen-bond acceptors (Lipinski definition) is 4. The Kier molecular flexibility index (Phi) is 4.52. The van der Waals surface area contributed by atoms with Gasteiger partial charge >= 0.3 is 0 Å². The molecular weight excluding hydrogens is 293 g/mol. The largest absolute Gasteiger partial charge is 0.350 e. The van der Waals surface area contributed by atoms with E-state index >= 15 is 0 Å². The molecule has 0 bridgehead atoms. The first kappa shape index (κ1) is 13.3. The van der Waals surface area contributed by atoms with Gasteiger partial charge in [0.15, 0.2) is 0 Å². The minimum atomic E-state index is -0.256. The normalized spacial score (nSPS) is 10.3. The Bertz CT molecular complexity index is 541. The highest BCUT2D eigenvalue weighted by atomic mass is 35.5. The molecule has 0 radical (unpaired) electrons. The lowest BCUT2D eigenvalue weighted by Gasteiger charge is -2.03. The number of benzene rings is 1. The maximum atomic E-state index is 11.6. The van der Waals surface area contributed by atoms with Crippen molar-refractivity contribution in [3.8, 4) is 0 Å². The van der Waals surface area contributed by atoms with Crippen molar-refractivity contribution in [2.45, 2.75) is 6.42 Å². The molecule has 2 rings (SSSR count). The van der Waals surface area contributed by atoms with Crippen LogP contribution in [-0.4, -0.2) is 22.6 Å². The minimum Gasteiger partial charge on any atom is -0.350 e. The maximum Gasteiger partial charge on any atom is 0.282 e. The fourth-order valence-electron chi connectivity index (χ4n) is 1.34. The van der Waals surface area contributed by atoms with Crippen molar-refractivity contribution in [1.29, 1.82) is 0 Å². The van der Waals surface area contributed by atoms with Gasteiger partial charge in [-0.15, -0.1) is 10.2 Å². The van der Waals surface area contributed by atoms with Gasteiger partial charge in [0.1, 0.15) is 0 Å². The molecule has 0 aliphatic carbocycles. The predicted molar refractivity (Wildman–Crippen MR) is 72.4 cm³/mol. The highest BCUT2D eigenvalue weighted by Gasteiger charge is 2.10. The molecule has 0 saturated heterocycles. The molecule has 1 aromatic heterocycles. The van der Waals surface area contributed by atoms with Crippen LogP contribution in [0.4, 0.5) is 0 Å². The third kappa shape index (κ3) is 3.66. The number of carbonyl (C=O) groups is 1. The van der Waals surface area contributed by atoms with Crippen molar-refractivity contribution in [1.82, 2.24) is 15.5 Å². The Balaban J connectivity index is 1.82. The van der Waals surface area contributed by atoms with Gasteiger partial charge in [-0.1, -0.05) is 35.1 Å². The highest BCUT2D eigenvalue weighted by molar-refractivity contribution is 7.17. The smallest absolute Gasteiger partial charge is 0.282 e. The zero-order valence-electron chi connectivity index (χ0n) is 9.19. The SMILES string of the molecule is O=C(NCCc1ccc(Cl)cc1)c1nnc(Cl)s1. The fraction of sp³-hybridized carbons (Fsp3) is 0.182. The quantitative estimate of drug-likeness (QED) is 0.945.